The van der Waals surface area contributed by atoms with Crippen LogP contribution >= 0.6 is 11.6 Å². The molecule has 0 N–H and O–H groups in total. The van der Waals surface area contributed by atoms with Crippen LogP contribution in [0.2, 0.25) is 0 Å². The van der Waals surface area contributed by atoms with Crippen molar-refractivity contribution in [3.8, 4) is 11.5 Å². The summed E-state index contributed by atoms with van der Waals surface area (Å²) in [5, 5.41) is 0. The first-order valence-corrected chi connectivity index (χ1v) is 7.24. The fraction of sp³-hybridized carbons (Fsp3) is 0.235. The quantitative estimate of drug-likeness (QED) is 0.600. The molecule has 0 saturated heterocycles. The van der Waals surface area contributed by atoms with Crippen molar-refractivity contribution in [1.29, 1.82) is 0 Å². The number of hydrogen-bond donors (Lipinski definition) is 0. The standard InChI is InChI=1S/C17H17ClO4/c1-20-15-7-6-14(16(9-15)21-2)11-22-17(19)13-5-3-4-12(8-13)10-18/h3-9H,10-11H2,1-2H3. The van der Waals surface area contributed by atoms with Gasteiger partial charge >= 0.3 is 5.97 Å². The lowest BCUT2D eigenvalue weighted by molar-refractivity contribution is 0.0470. The maximum atomic E-state index is 12.1. The lowest BCUT2D eigenvalue weighted by Crippen LogP contribution is -2.06. The maximum Gasteiger partial charge on any atom is 0.338 e. The summed E-state index contributed by atoms with van der Waals surface area (Å²) in [5.74, 6) is 1.25. The predicted octanol–water partition coefficient (Wildman–Crippen LogP) is 3.80. The van der Waals surface area contributed by atoms with Crippen LogP contribution in [0.15, 0.2) is 42.5 Å². The summed E-state index contributed by atoms with van der Waals surface area (Å²) in [7, 11) is 3.14. The van der Waals surface area contributed by atoms with Crippen molar-refractivity contribution in [3.63, 3.8) is 0 Å². The highest BCUT2D eigenvalue weighted by Crippen LogP contribution is 2.25. The molecule has 0 fully saturated rings. The second-order valence-corrected chi connectivity index (χ2v) is 4.86. The Morgan fingerprint density at radius 2 is 1.91 bits per heavy atom. The van der Waals surface area contributed by atoms with Crippen molar-refractivity contribution in [1.82, 2.24) is 0 Å². The summed E-state index contributed by atoms with van der Waals surface area (Å²) >= 11 is 5.76. The molecule has 0 amide bonds. The number of rotatable bonds is 6. The molecule has 2 aromatic rings. The highest BCUT2D eigenvalue weighted by Gasteiger charge is 2.11. The average molecular weight is 321 g/mol. The van der Waals surface area contributed by atoms with E-state index in [1.807, 2.05) is 6.07 Å². The molecule has 2 aromatic carbocycles. The zero-order valence-electron chi connectivity index (χ0n) is 12.5. The van der Waals surface area contributed by atoms with Gasteiger partial charge in [-0.3, -0.25) is 0 Å². The minimum Gasteiger partial charge on any atom is -0.497 e. The topological polar surface area (TPSA) is 44.8 Å². The van der Waals surface area contributed by atoms with E-state index in [1.165, 1.54) is 0 Å². The van der Waals surface area contributed by atoms with Gasteiger partial charge in [-0.15, -0.1) is 11.6 Å². The zero-order valence-corrected chi connectivity index (χ0v) is 13.2. The van der Waals surface area contributed by atoms with Gasteiger partial charge in [-0.2, -0.15) is 0 Å². The number of benzene rings is 2. The van der Waals surface area contributed by atoms with Crippen molar-refractivity contribution in [2.24, 2.45) is 0 Å². The molecular formula is C17H17ClO4. The van der Waals surface area contributed by atoms with Crippen LogP contribution in [-0.2, 0) is 17.2 Å². The number of esters is 1. The molecule has 2 rings (SSSR count). The summed E-state index contributed by atoms with van der Waals surface area (Å²) in [6.07, 6.45) is 0. The average Bonchev–Trinajstić information content (AvgIpc) is 2.59. The number of ether oxygens (including phenoxy) is 3. The van der Waals surface area contributed by atoms with Crippen LogP contribution in [0.5, 0.6) is 11.5 Å². The van der Waals surface area contributed by atoms with Gasteiger partial charge in [0.2, 0.25) is 0 Å². The highest BCUT2D eigenvalue weighted by molar-refractivity contribution is 6.17. The summed E-state index contributed by atoms with van der Waals surface area (Å²) < 4.78 is 15.7. The van der Waals surface area contributed by atoms with Gasteiger partial charge in [0.05, 0.1) is 19.8 Å². The van der Waals surface area contributed by atoms with Gasteiger partial charge in [0, 0.05) is 17.5 Å². The summed E-state index contributed by atoms with van der Waals surface area (Å²) in [6, 6.07) is 12.4. The molecule has 0 spiro atoms. The molecule has 0 aromatic heterocycles. The number of carbonyl (C=O) groups is 1. The molecular weight excluding hydrogens is 304 g/mol. The van der Waals surface area contributed by atoms with Crippen molar-refractivity contribution < 1.29 is 19.0 Å². The highest BCUT2D eigenvalue weighted by atomic mass is 35.5. The molecule has 5 heteroatoms. The van der Waals surface area contributed by atoms with Gasteiger partial charge in [0.1, 0.15) is 18.1 Å². The van der Waals surface area contributed by atoms with E-state index in [0.717, 1.165) is 11.1 Å². The van der Waals surface area contributed by atoms with Crippen LogP contribution in [0.25, 0.3) is 0 Å². The molecule has 0 aliphatic rings. The Bertz CT molecular complexity index is 655. The van der Waals surface area contributed by atoms with Crippen LogP contribution < -0.4 is 9.47 Å². The van der Waals surface area contributed by atoms with Crippen molar-refractivity contribution in [2.75, 3.05) is 14.2 Å². The molecule has 22 heavy (non-hydrogen) atoms. The van der Waals surface area contributed by atoms with E-state index in [1.54, 1.807) is 50.6 Å². The number of carbonyl (C=O) groups excluding carboxylic acids is 1. The van der Waals surface area contributed by atoms with E-state index in [2.05, 4.69) is 0 Å². The Balaban J connectivity index is 2.07. The summed E-state index contributed by atoms with van der Waals surface area (Å²) in [6.45, 7) is 0.122. The van der Waals surface area contributed by atoms with Crippen LogP contribution in [0.3, 0.4) is 0 Å². The van der Waals surface area contributed by atoms with Crippen LogP contribution in [0.4, 0.5) is 0 Å². The van der Waals surface area contributed by atoms with Crippen LogP contribution in [-0.4, -0.2) is 20.2 Å². The van der Waals surface area contributed by atoms with Crippen molar-refractivity contribution in [3.05, 3.63) is 59.2 Å². The fourth-order valence-electron chi connectivity index (χ4n) is 1.98. The molecule has 0 aliphatic heterocycles. The smallest absolute Gasteiger partial charge is 0.338 e. The Morgan fingerprint density at radius 1 is 1.09 bits per heavy atom. The second-order valence-electron chi connectivity index (χ2n) is 4.59. The molecule has 0 aliphatic carbocycles. The number of methoxy groups -OCH3 is 2. The number of alkyl halides is 1. The Hall–Kier alpha value is -2.20. The number of halogens is 1. The van der Waals surface area contributed by atoms with Gasteiger partial charge in [-0.05, 0) is 29.8 Å². The van der Waals surface area contributed by atoms with E-state index in [0.29, 0.717) is 22.9 Å². The van der Waals surface area contributed by atoms with Gasteiger partial charge in [0.15, 0.2) is 0 Å². The van der Waals surface area contributed by atoms with Gasteiger partial charge in [0.25, 0.3) is 0 Å². The van der Waals surface area contributed by atoms with Gasteiger partial charge in [-0.1, -0.05) is 12.1 Å². The summed E-state index contributed by atoms with van der Waals surface area (Å²) in [5.41, 5.74) is 2.12. The third-order valence-corrected chi connectivity index (χ3v) is 3.48. The third-order valence-electron chi connectivity index (χ3n) is 3.17. The first kappa shape index (κ1) is 16.2. The van der Waals surface area contributed by atoms with E-state index < -0.39 is 5.97 Å². The molecule has 0 atom stereocenters. The lowest BCUT2D eigenvalue weighted by Gasteiger charge is -2.11. The van der Waals surface area contributed by atoms with E-state index >= 15 is 0 Å². The molecule has 0 radical (unpaired) electrons. The second kappa shape index (κ2) is 7.71. The van der Waals surface area contributed by atoms with Crippen molar-refractivity contribution in [2.45, 2.75) is 12.5 Å². The number of hydrogen-bond acceptors (Lipinski definition) is 4. The Labute approximate surface area is 134 Å². The maximum absolute atomic E-state index is 12.1. The van der Waals surface area contributed by atoms with Crippen LogP contribution in [0.1, 0.15) is 21.5 Å². The SMILES string of the molecule is COc1ccc(COC(=O)c2cccc(CCl)c2)c(OC)c1. The zero-order chi connectivity index (χ0) is 15.9. The first-order chi connectivity index (χ1) is 10.7. The normalized spacial score (nSPS) is 10.1. The Morgan fingerprint density at radius 3 is 2.59 bits per heavy atom. The molecule has 116 valence electrons. The van der Waals surface area contributed by atoms with Gasteiger partial charge < -0.3 is 14.2 Å². The molecule has 0 unspecified atom stereocenters. The van der Waals surface area contributed by atoms with E-state index in [4.69, 9.17) is 25.8 Å². The molecule has 0 heterocycles. The molecule has 0 saturated carbocycles. The fourth-order valence-corrected chi connectivity index (χ4v) is 2.15. The van der Waals surface area contributed by atoms with Crippen LogP contribution in [0, 0.1) is 0 Å². The van der Waals surface area contributed by atoms with Crippen molar-refractivity contribution >= 4 is 17.6 Å². The summed E-state index contributed by atoms with van der Waals surface area (Å²) in [4.78, 5) is 12.1. The van der Waals surface area contributed by atoms with E-state index in [9.17, 15) is 4.79 Å². The first-order valence-electron chi connectivity index (χ1n) is 6.71. The monoisotopic (exact) mass is 320 g/mol. The Kier molecular flexibility index (Phi) is 5.67. The third kappa shape index (κ3) is 3.92. The van der Waals surface area contributed by atoms with E-state index in [-0.39, 0.29) is 6.61 Å². The lowest BCUT2D eigenvalue weighted by atomic mass is 10.1. The molecule has 0 bridgehead atoms. The predicted molar refractivity (Wildman–Crippen MR) is 84.7 cm³/mol. The molecule has 4 nitrogen and oxygen atoms in total. The van der Waals surface area contributed by atoms with Gasteiger partial charge in [-0.25, -0.2) is 4.79 Å². The largest absolute Gasteiger partial charge is 0.497 e. The minimum atomic E-state index is -0.398. The minimum absolute atomic E-state index is 0.122.